The molecule has 0 saturated carbocycles. The van der Waals surface area contributed by atoms with Gasteiger partial charge in [0, 0.05) is 0 Å². The first-order valence-electron chi connectivity index (χ1n) is 5.83. The van der Waals surface area contributed by atoms with Crippen LogP contribution in [0.5, 0.6) is 0 Å². The van der Waals surface area contributed by atoms with Crippen molar-refractivity contribution in [3.05, 3.63) is 29.8 Å². The molecule has 19 heavy (non-hydrogen) atoms. The molecular formula is C13H17NO4S. The Bertz CT molecular complexity index is 563. The van der Waals surface area contributed by atoms with E-state index in [1.165, 1.54) is 26.0 Å². The average molecular weight is 283 g/mol. The van der Waals surface area contributed by atoms with Gasteiger partial charge in [-0.05, 0) is 38.0 Å². The molecule has 1 aromatic rings. The molecule has 0 heterocycles. The first-order valence-corrected chi connectivity index (χ1v) is 7.38. The van der Waals surface area contributed by atoms with Crippen LogP contribution in [-0.2, 0) is 25.8 Å². The molecule has 0 fully saturated rings. The first kappa shape index (κ1) is 15.5. The van der Waals surface area contributed by atoms with Gasteiger partial charge in [-0.1, -0.05) is 12.1 Å². The van der Waals surface area contributed by atoms with Crippen molar-refractivity contribution in [1.29, 1.82) is 0 Å². The van der Waals surface area contributed by atoms with Crippen molar-refractivity contribution < 1.29 is 18.0 Å². The van der Waals surface area contributed by atoms with E-state index in [2.05, 4.69) is 0 Å². The van der Waals surface area contributed by atoms with Gasteiger partial charge in [-0.25, -0.2) is 8.42 Å². The summed E-state index contributed by atoms with van der Waals surface area (Å²) in [5.41, 5.74) is 6.26. The standard InChI is InChI=1S/C13H17NO4S/c1-9(16)10(2)19(17,18)13-5-3-11(4-6-13)7-12(14)8-15/h3-6,8,10,12H,7,14H2,1-2H3. The predicted molar refractivity (Wildman–Crippen MR) is 71.5 cm³/mol. The molecule has 6 heteroatoms. The van der Waals surface area contributed by atoms with Crippen LogP contribution in [0, 0.1) is 0 Å². The summed E-state index contributed by atoms with van der Waals surface area (Å²) in [6.07, 6.45) is 0.995. The molecule has 5 nitrogen and oxygen atoms in total. The Kier molecular flexibility index (Phi) is 4.97. The summed E-state index contributed by atoms with van der Waals surface area (Å²) in [5.74, 6) is -0.396. The molecule has 0 aliphatic heterocycles. The number of nitrogens with two attached hydrogens (primary N) is 1. The minimum Gasteiger partial charge on any atom is -0.321 e. The fraction of sp³-hybridized carbons (Fsp3) is 0.385. The van der Waals surface area contributed by atoms with E-state index < -0.39 is 26.9 Å². The molecule has 0 amide bonds. The minimum atomic E-state index is -3.64. The molecule has 0 aliphatic carbocycles. The number of benzene rings is 1. The molecule has 0 aromatic heterocycles. The van der Waals surface area contributed by atoms with Crippen molar-refractivity contribution in [2.75, 3.05) is 0 Å². The summed E-state index contributed by atoms with van der Waals surface area (Å²) >= 11 is 0. The van der Waals surface area contributed by atoms with Crippen molar-refractivity contribution in [2.45, 2.75) is 36.5 Å². The van der Waals surface area contributed by atoms with Gasteiger partial charge in [-0.3, -0.25) is 4.79 Å². The lowest BCUT2D eigenvalue weighted by molar-refractivity contribution is -0.116. The fourth-order valence-corrected chi connectivity index (χ4v) is 2.92. The molecule has 0 aliphatic rings. The van der Waals surface area contributed by atoms with E-state index in [4.69, 9.17) is 5.73 Å². The maximum Gasteiger partial charge on any atom is 0.188 e. The Morgan fingerprint density at radius 3 is 2.26 bits per heavy atom. The molecule has 2 N–H and O–H groups in total. The number of aldehydes is 1. The monoisotopic (exact) mass is 283 g/mol. The predicted octanol–water partition coefficient (Wildman–Crippen LogP) is 0.507. The largest absolute Gasteiger partial charge is 0.321 e. The van der Waals surface area contributed by atoms with E-state index in [-0.39, 0.29) is 4.90 Å². The van der Waals surface area contributed by atoms with Crippen molar-refractivity contribution >= 4 is 21.9 Å². The van der Waals surface area contributed by atoms with Crippen LogP contribution in [-0.4, -0.2) is 31.8 Å². The molecular weight excluding hydrogens is 266 g/mol. The molecule has 1 rings (SSSR count). The van der Waals surface area contributed by atoms with Gasteiger partial charge in [0.15, 0.2) is 9.84 Å². The second-order valence-corrected chi connectivity index (χ2v) is 6.71. The second-order valence-electron chi connectivity index (χ2n) is 4.45. The molecule has 0 saturated heterocycles. The summed E-state index contributed by atoms with van der Waals surface area (Å²) in [5, 5.41) is -1.06. The van der Waals surface area contributed by atoms with Crippen molar-refractivity contribution in [3.8, 4) is 0 Å². The van der Waals surface area contributed by atoms with Crippen LogP contribution >= 0.6 is 0 Å². The van der Waals surface area contributed by atoms with Gasteiger partial charge < -0.3 is 10.5 Å². The quantitative estimate of drug-likeness (QED) is 0.767. The highest BCUT2D eigenvalue weighted by Gasteiger charge is 2.26. The highest BCUT2D eigenvalue weighted by molar-refractivity contribution is 7.92. The SMILES string of the molecule is CC(=O)C(C)S(=O)(=O)c1ccc(CC(N)C=O)cc1. The smallest absolute Gasteiger partial charge is 0.188 e. The zero-order valence-electron chi connectivity index (χ0n) is 10.9. The van der Waals surface area contributed by atoms with Gasteiger partial charge in [-0.2, -0.15) is 0 Å². The maximum absolute atomic E-state index is 12.1. The summed E-state index contributed by atoms with van der Waals surface area (Å²) in [6, 6.07) is 5.47. The number of rotatable bonds is 6. The van der Waals surface area contributed by atoms with E-state index in [0.717, 1.165) is 5.56 Å². The topological polar surface area (TPSA) is 94.3 Å². The van der Waals surface area contributed by atoms with E-state index in [1.807, 2.05) is 0 Å². The van der Waals surface area contributed by atoms with Crippen molar-refractivity contribution in [1.82, 2.24) is 0 Å². The van der Waals surface area contributed by atoms with Crippen LogP contribution in [0.15, 0.2) is 29.2 Å². The summed E-state index contributed by atoms with van der Waals surface area (Å²) in [6.45, 7) is 2.62. The van der Waals surface area contributed by atoms with E-state index >= 15 is 0 Å². The number of carbonyl (C=O) groups excluding carboxylic acids is 2. The Morgan fingerprint density at radius 2 is 1.84 bits per heavy atom. The first-order chi connectivity index (χ1) is 8.78. The van der Waals surface area contributed by atoms with Crippen LogP contribution in [0.3, 0.4) is 0 Å². The Labute approximate surface area is 112 Å². The van der Waals surface area contributed by atoms with Crippen LogP contribution in [0.25, 0.3) is 0 Å². The van der Waals surface area contributed by atoms with E-state index in [0.29, 0.717) is 12.7 Å². The maximum atomic E-state index is 12.1. The van der Waals surface area contributed by atoms with Crippen molar-refractivity contribution in [3.63, 3.8) is 0 Å². The van der Waals surface area contributed by atoms with Gasteiger partial charge >= 0.3 is 0 Å². The molecule has 104 valence electrons. The molecule has 0 spiro atoms. The number of carbonyl (C=O) groups is 2. The van der Waals surface area contributed by atoms with Gasteiger partial charge in [0.1, 0.15) is 17.3 Å². The van der Waals surface area contributed by atoms with Crippen LogP contribution in [0.1, 0.15) is 19.4 Å². The van der Waals surface area contributed by atoms with Gasteiger partial charge in [-0.15, -0.1) is 0 Å². The average Bonchev–Trinajstić information content (AvgIpc) is 2.38. The van der Waals surface area contributed by atoms with E-state index in [1.54, 1.807) is 12.1 Å². The van der Waals surface area contributed by atoms with E-state index in [9.17, 15) is 18.0 Å². The van der Waals surface area contributed by atoms with Crippen LogP contribution in [0.2, 0.25) is 0 Å². The van der Waals surface area contributed by atoms with Crippen molar-refractivity contribution in [2.24, 2.45) is 5.73 Å². The Balaban J connectivity index is 2.99. The number of sulfone groups is 1. The van der Waals surface area contributed by atoms with Gasteiger partial charge in [0.25, 0.3) is 0 Å². The zero-order valence-corrected chi connectivity index (χ0v) is 11.7. The lowest BCUT2D eigenvalue weighted by atomic mass is 10.1. The summed E-state index contributed by atoms with van der Waals surface area (Å²) < 4.78 is 24.1. The highest BCUT2D eigenvalue weighted by atomic mass is 32.2. The van der Waals surface area contributed by atoms with Crippen LogP contribution < -0.4 is 5.73 Å². The number of Topliss-reactive ketones (excluding diaryl/α,β-unsaturated/α-hetero) is 1. The fourth-order valence-electron chi connectivity index (χ4n) is 1.56. The third-order valence-corrected chi connectivity index (χ3v) is 5.13. The molecule has 2 unspecified atom stereocenters. The Morgan fingerprint density at radius 1 is 1.32 bits per heavy atom. The molecule has 0 radical (unpaired) electrons. The molecule has 2 atom stereocenters. The summed E-state index contributed by atoms with van der Waals surface area (Å²) in [7, 11) is -3.64. The third-order valence-electron chi connectivity index (χ3n) is 2.94. The molecule has 0 bridgehead atoms. The lowest BCUT2D eigenvalue weighted by Crippen LogP contribution is -2.25. The summed E-state index contributed by atoms with van der Waals surface area (Å²) in [4.78, 5) is 21.7. The number of ketones is 1. The number of hydrogen-bond donors (Lipinski definition) is 1. The number of hydrogen-bond acceptors (Lipinski definition) is 5. The normalized spacial score (nSPS) is 14.7. The lowest BCUT2D eigenvalue weighted by Gasteiger charge is -2.10. The third kappa shape index (κ3) is 3.71. The van der Waals surface area contributed by atoms with Gasteiger partial charge in [0.05, 0.1) is 10.9 Å². The van der Waals surface area contributed by atoms with Crippen LogP contribution in [0.4, 0.5) is 0 Å². The highest BCUT2D eigenvalue weighted by Crippen LogP contribution is 2.17. The zero-order chi connectivity index (χ0) is 14.6. The van der Waals surface area contributed by atoms with Gasteiger partial charge in [0.2, 0.25) is 0 Å². The second kappa shape index (κ2) is 6.08. The molecule has 1 aromatic carbocycles. The Hall–Kier alpha value is -1.53. The minimum absolute atomic E-state index is 0.0959.